The van der Waals surface area contributed by atoms with Gasteiger partial charge in [0.05, 0.1) is 5.60 Å². The highest BCUT2D eigenvalue weighted by Gasteiger charge is 2.41. The van der Waals surface area contributed by atoms with Gasteiger partial charge in [0.1, 0.15) is 0 Å². The third-order valence-corrected chi connectivity index (χ3v) is 3.03. The summed E-state index contributed by atoms with van der Waals surface area (Å²) in [6.45, 7) is 11.7. The second-order valence-corrected chi connectivity index (χ2v) is 5.28. The number of hydrogen-bond acceptors (Lipinski definition) is 2. The Morgan fingerprint density at radius 3 is 2.15 bits per heavy atom. The van der Waals surface area contributed by atoms with Gasteiger partial charge in [-0.1, -0.05) is 13.8 Å². The molecule has 13 heavy (non-hydrogen) atoms. The lowest BCUT2D eigenvalue weighted by Gasteiger charge is -2.30. The fourth-order valence-corrected chi connectivity index (χ4v) is 2.33. The molecule has 2 atom stereocenters. The van der Waals surface area contributed by atoms with Crippen LogP contribution in [0.2, 0.25) is 0 Å². The standard InChI is InChI=1S/C11H23NO/c1-8(2)10-6-11(5,13)7-12(10)9(3)4/h8-10,13H,6-7H2,1-5H3/t10?,11-/m0/s1. The summed E-state index contributed by atoms with van der Waals surface area (Å²) in [6.07, 6.45) is 0.919. The van der Waals surface area contributed by atoms with E-state index in [0.717, 1.165) is 13.0 Å². The van der Waals surface area contributed by atoms with E-state index in [1.54, 1.807) is 0 Å². The summed E-state index contributed by atoms with van der Waals surface area (Å²) < 4.78 is 0. The zero-order valence-electron chi connectivity index (χ0n) is 9.54. The summed E-state index contributed by atoms with van der Waals surface area (Å²) in [7, 11) is 0. The van der Waals surface area contributed by atoms with Crippen molar-refractivity contribution >= 4 is 0 Å². The van der Waals surface area contributed by atoms with Crippen molar-refractivity contribution in [2.75, 3.05) is 6.54 Å². The maximum atomic E-state index is 9.99. The van der Waals surface area contributed by atoms with Crippen LogP contribution in [0.5, 0.6) is 0 Å². The number of nitrogens with zero attached hydrogens (tertiary/aromatic N) is 1. The molecule has 0 amide bonds. The summed E-state index contributed by atoms with van der Waals surface area (Å²) in [6, 6.07) is 1.09. The number of rotatable bonds is 2. The zero-order chi connectivity index (χ0) is 10.2. The molecule has 1 unspecified atom stereocenters. The molecule has 0 radical (unpaired) electrons. The Kier molecular flexibility index (Phi) is 3.03. The molecule has 0 aromatic carbocycles. The molecule has 1 aliphatic heterocycles. The third kappa shape index (κ3) is 2.44. The molecule has 0 aromatic rings. The van der Waals surface area contributed by atoms with Crippen molar-refractivity contribution in [3.63, 3.8) is 0 Å². The van der Waals surface area contributed by atoms with Crippen LogP contribution in [0.1, 0.15) is 41.0 Å². The predicted molar refractivity (Wildman–Crippen MR) is 55.7 cm³/mol. The van der Waals surface area contributed by atoms with E-state index in [9.17, 15) is 5.11 Å². The lowest BCUT2D eigenvalue weighted by Crippen LogP contribution is -2.39. The van der Waals surface area contributed by atoms with Crippen LogP contribution < -0.4 is 0 Å². The molecule has 0 saturated carbocycles. The number of likely N-dealkylation sites (tertiary alicyclic amines) is 1. The lowest BCUT2D eigenvalue weighted by molar-refractivity contribution is 0.0644. The predicted octanol–water partition coefficient (Wildman–Crippen LogP) is 1.88. The number of β-amino-alcohol motifs (C(OH)–C–C–N with tert-alkyl or cyclic N) is 1. The van der Waals surface area contributed by atoms with Gasteiger partial charge in [-0.3, -0.25) is 4.90 Å². The minimum Gasteiger partial charge on any atom is -0.389 e. The Morgan fingerprint density at radius 1 is 1.31 bits per heavy atom. The molecular weight excluding hydrogens is 162 g/mol. The molecule has 1 heterocycles. The Bertz CT molecular complexity index is 157. The van der Waals surface area contributed by atoms with Crippen LogP contribution in [0, 0.1) is 5.92 Å². The first-order chi connectivity index (χ1) is 5.83. The number of hydrogen-bond donors (Lipinski definition) is 1. The first-order valence-corrected chi connectivity index (χ1v) is 5.31. The summed E-state index contributed by atoms with van der Waals surface area (Å²) in [5.74, 6) is 0.636. The average molecular weight is 185 g/mol. The third-order valence-electron chi connectivity index (χ3n) is 3.03. The minimum atomic E-state index is -0.473. The van der Waals surface area contributed by atoms with Crippen molar-refractivity contribution in [2.24, 2.45) is 5.92 Å². The monoisotopic (exact) mass is 185 g/mol. The van der Waals surface area contributed by atoms with Crippen molar-refractivity contribution < 1.29 is 5.11 Å². The molecule has 1 aliphatic rings. The SMILES string of the molecule is CC(C)C1C[C@](C)(O)CN1C(C)C. The van der Waals surface area contributed by atoms with E-state index in [1.807, 2.05) is 6.92 Å². The normalized spacial score (nSPS) is 36.5. The average Bonchev–Trinajstić information content (AvgIpc) is 2.26. The Morgan fingerprint density at radius 2 is 1.85 bits per heavy atom. The highest BCUT2D eigenvalue weighted by atomic mass is 16.3. The van der Waals surface area contributed by atoms with E-state index in [0.29, 0.717) is 18.0 Å². The Labute approximate surface area is 81.9 Å². The summed E-state index contributed by atoms with van der Waals surface area (Å²) >= 11 is 0. The summed E-state index contributed by atoms with van der Waals surface area (Å²) in [4.78, 5) is 2.42. The molecule has 1 N–H and O–H groups in total. The molecular formula is C11H23NO. The summed E-state index contributed by atoms with van der Waals surface area (Å²) in [5.41, 5.74) is -0.473. The van der Waals surface area contributed by atoms with E-state index < -0.39 is 5.60 Å². The van der Waals surface area contributed by atoms with E-state index in [-0.39, 0.29) is 0 Å². The zero-order valence-corrected chi connectivity index (χ0v) is 9.54. The van der Waals surface area contributed by atoms with Crippen LogP contribution in [-0.4, -0.2) is 34.2 Å². The fourth-order valence-electron chi connectivity index (χ4n) is 2.33. The van der Waals surface area contributed by atoms with Crippen LogP contribution >= 0.6 is 0 Å². The summed E-state index contributed by atoms with van der Waals surface area (Å²) in [5, 5.41) is 9.99. The van der Waals surface area contributed by atoms with Gasteiger partial charge in [0.15, 0.2) is 0 Å². The highest BCUT2D eigenvalue weighted by Crippen LogP contribution is 2.32. The maximum absolute atomic E-state index is 9.99. The molecule has 1 saturated heterocycles. The van der Waals surface area contributed by atoms with Gasteiger partial charge < -0.3 is 5.11 Å². The van der Waals surface area contributed by atoms with Crippen LogP contribution in [0.15, 0.2) is 0 Å². The van der Waals surface area contributed by atoms with Gasteiger partial charge in [-0.2, -0.15) is 0 Å². The molecule has 1 fully saturated rings. The van der Waals surface area contributed by atoms with Crippen molar-refractivity contribution in [2.45, 2.75) is 58.7 Å². The van der Waals surface area contributed by atoms with Gasteiger partial charge in [0.2, 0.25) is 0 Å². The fraction of sp³-hybridized carbons (Fsp3) is 1.00. The van der Waals surface area contributed by atoms with Crippen LogP contribution in [0.25, 0.3) is 0 Å². The van der Waals surface area contributed by atoms with E-state index in [4.69, 9.17) is 0 Å². The Balaban J connectivity index is 2.71. The second-order valence-electron chi connectivity index (χ2n) is 5.28. The maximum Gasteiger partial charge on any atom is 0.0761 e. The molecule has 0 aromatic heterocycles. The van der Waals surface area contributed by atoms with Gasteiger partial charge in [-0.25, -0.2) is 0 Å². The topological polar surface area (TPSA) is 23.5 Å². The van der Waals surface area contributed by atoms with Gasteiger partial charge in [-0.05, 0) is 33.1 Å². The van der Waals surface area contributed by atoms with E-state index in [1.165, 1.54) is 0 Å². The van der Waals surface area contributed by atoms with Crippen LogP contribution in [0.4, 0.5) is 0 Å². The lowest BCUT2D eigenvalue weighted by atomic mass is 9.96. The molecule has 0 aliphatic carbocycles. The smallest absolute Gasteiger partial charge is 0.0761 e. The first-order valence-electron chi connectivity index (χ1n) is 5.31. The van der Waals surface area contributed by atoms with E-state index >= 15 is 0 Å². The van der Waals surface area contributed by atoms with Crippen molar-refractivity contribution in [1.29, 1.82) is 0 Å². The van der Waals surface area contributed by atoms with Gasteiger partial charge in [0, 0.05) is 18.6 Å². The largest absolute Gasteiger partial charge is 0.389 e. The number of aliphatic hydroxyl groups is 1. The van der Waals surface area contributed by atoms with Crippen molar-refractivity contribution in [3.8, 4) is 0 Å². The van der Waals surface area contributed by atoms with Crippen LogP contribution in [-0.2, 0) is 0 Å². The Hall–Kier alpha value is -0.0800. The highest BCUT2D eigenvalue weighted by molar-refractivity contribution is 4.95. The van der Waals surface area contributed by atoms with Gasteiger partial charge >= 0.3 is 0 Å². The second kappa shape index (κ2) is 3.58. The quantitative estimate of drug-likeness (QED) is 0.710. The van der Waals surface area contributed by atoms with E-state index in [2.05, 4.69) is 32.6 Å². The molecule has 0 bridgehead atoms. The first kappa shape index (κ1) is 11.0. The van der Waals surface area contributed by atoms with Crippen molar-refractivity contribution in [3.05, 3.63) is 0 Å². The molecule has 2 heteroatoms. The molecule has 2 nitrogen and oxygen atoms in total. The van der Waals surface area contributed by atoms with Gasteiger partial charge in [0.25, 0.3) is 0 Å². The van der Waals surface area contributed by atoms with Crippen molar-refractivity contribution in [1.82, 2.24) is 4.90 Å². The molecule has 0 spiro atoms. The molecule has 78 valence electrons. The van der Waals surface area contributed by atoms with Gasteiger partial charge in [-0.15, -0.1) is 0 Å². The van der Waals surface area contributed by atoms with Crippen LogP contribution in [0.3, 0.4) is 0 Å². The minimum absolute atomic E-state index is 0.473. The molecule has 1 rings (SSSR count).